The Morgan fingerprint density at radius 3 is 2.50 bits per heavy atom. The average molecular weight is 404 g/mol. The van der Waals surface area contributed by atoms with Gasteiger partial charge in [-0.2, -0.15) is 0 Å². The quantitative estimate of drug-likeness (QED) is 0.425. The molecule has 0 fully saturated rings. The molecule has 1 amide bonds. The van der Waals surface area contributed by atoms with E-state index < -0.39 is 16.5 Å². The van der Waals surface area contributed by atoms with E-state index in [1.165, 1.54) is 17.8 Å². The molecule has 1 N–H and O–H groups in total. The first-order chi connectivity index (χ1) is 12.2. The molecule has 1 aromatic carbocycles. The fourth-order valence-electron chi connectivity index (χ4n) is 1.91. The summed E-state index contributed by atoms with van der Waals surface area (Å²) in [5.74, 6) is -1.20. The van der Waals surface area contributed by atoms with E-state index in [0.29, 0.717) is 24.3 Å². The van der Waals surface area contributed by atoms with E-state index in [-0.39, 0.29) is 22.6 Å². The van der Waals surface area contributed by atoms with Crippen molar-refractivity contribution in [1.29, 1.82) is 0 Å². The summed E-state index contributed by atoms with van der Waals surface area (Å²) in [6.07, 6.45) is 1.91. The second-order valence-electron chi connectivity index (χ2n) is 6.64. The summed E-state index contributed by atoms with van der Waals surface area (Å²) in [6, 6.07) is 2.63. The third-order valence-corrected chi connectivity index (χ3v) is 5.95. The Morgan fingerprint density at radius 2 is 1.96 bits per heavy atom. The van der Waals surface area contributed by atoms with Crippen LogP contribution in [0.2, 0.25) is 5.02 Å². The number of esters is 1. The van der Waals surface area contributed by atoms with Crippen molar-refractivity contribution in [3.8, 4) is 0 Å². The largest absolute Gasteiger partial charge is 0.465 e. The molecule has 7 heteroatoms. The number of carbonyl (C=O) groups is 2. The van der Waals surface area contributed by atoms with Gasteiger partial charge in [-0.05, 0) is 31.4 Å². The zero-order chi connectivity index (χ0) is 19.9. The molecular weight excluding hydrogens is 377 g/mol. The van der Waals surface area contributed by atoms with E-state index in [9.17, 15) is 14.0 Å². The van der Waals surface area contributed by atoms with E-state index in [4.69, 9.17) is 16.3 Å². The Hall–Kier alpha value is -1.27. The minimum absolute atomic E-state index is 0.0557. The predicted octanol–water partition coefficient (Wildman–Crippen LogP) is 5.68. The number of hydrogen-bond acceptors (Lipinski definition) is 4. The summed E-state index contributed by atoms with van der Waals surface area (Å²) in [7, 11) is 0. The Labute approximate surface area is 164 Å². The molecule has 1 unspecified atom stereocenters. The van der Waals surface area contributed by atoms with Crippen LogP contribution in [0.25, 0.3) is 0 Å². The number of ether oxygens (including phenoxy) is 1. The van der Waals surface area contributed by atoms with Crippen LogP contribution in [0.15, 0.2) is 17.0 Å². The lowest BCUT2D eigenvalue weighted by atomic mass is 9.89. The van der Waals surface area contributed by atoms with Gasteiger partial charge in [0.2, 0.25) is 5.91 Å². The van der Waals surface area contributed by atoms with E-state index in [1.54, 1.807) is 13.8 Å². The fraction of sp³-hybridized carbons (Fsp3) is 0.579. The van der Waals surface area contributed by atoms with E-state index in [1.807, 2.05) is 20.8 Å². The van der Waals surface area contributed by atoms with Crippen LogP contribution >= 0.6 is 23.4 Å². The number of amides is 1. The molecular formula is C19H27ClFNO3S. The summed E-state index contributed by atoms with van der Waals surface area (Å²) in [6.45, 7) is 9.64. The molecule has 0 aliphatic carbocycles. The minimum atomic E-state index is -0.616. The molecule has 0 saturated heterocycles. The lowest BCUT2D eigenvalue weighted by Gasteiger charge is -2.22. The molecule has 0 saturated carbocycles. The van der Waals surface area contributed by atoms with Crippen molar-refractivity contribution in [2.45, 2.75) is 64.0 Å². The molecule has 1 rings (SSSR count). The summed E-state index contributed by atoms with van der Waals surface area (Å²) in [4.78, 5) is 25.0. The highest BCUT2D eigenvalue weighted by Crippen LogP contribution is 2.36. The second kappa shape index (κ2) is 10.2. The third-order valence-electron chi connectivity index (χ3n) is 4.12. The molecule has 0 aliphatic heterocycles. The predicted molar refractivity (Wildman–Crippen MR) is 105 cm³/mol. The lowest BCUT2D eigenvalue weighted by molar-refractivity contribution is -0.143. The number of carbonyl (C=O) groups excluding carboxylic acids is 2. The molecule has 4 nitrogen and oxygen atoms in total. The summed E-state index contributed by atoms with van der Waals surface area (Å²) < 4.78 is 19.4. The van der Waals surface area contributed by atoms with Gasteiger partial charge in [-0.25, -0.2) is 4.39 Å². The van der Waals surface area contributed by atoms with Gasteiger partial charge in [0.05, 0.1) is 17.3 Å². The van der Waals surface area contributed by atoms with Gasteiger partial charge in [0.25, 0.3) is 0 Å². The van der Waals surface area contributed by atoms with Crippen molar-refractivity contribution in [2.24, 2.45) is 5.41 Å². The van der Waals surface area contributed by atoms with Crippen LogP contribution in [-0.4, -0.2) is 23.7 Å². The summed E-state index contributed by atoms with van der Waals surface area (Å²) in [5, 5.41) is 2.37. The van der Waals surface area contributed by atoms with Crippen LogP contribution in [0, 0.1) is 11.2 Å². The molecule has 1 atom stereocenters. The number of thioether (sulfide) groups is 1. The van der Waals surface area contributed by atoms with Crippen LogP contribution in [0.1, 0.15) is 53.9 Å². The topological polar surface area (TPSA) is 55.4 Å². The highest BCUT2D eigenvalue weighted by atomic mass is 35.5. The zero-order valence-electron chi connectivity index (χ0n) is 15.9. The fourth-order valence-corrected chi connectivity index (χ4v) is 3.19. The Balaban J connectivity index is 3.02. The maximum atomic E-state index is 14.2. The number of benzene rings is 1. The third kappa shape index (κ3) is 6.16. The number of nitrogens with one attached hydrogen (secondary N) is 1. The normalized spacial score (nSPS) is 12.6. The van der Waals surface area contributed by atoms with E-state index in [2.05, 4.69) is 5.32 Å². The van der Waals surface area contributed by atoms with Crippen molar-refractivity contribution in [3.63, 3.8) is 0 Å². The maximum absolute atomic E-state index is 14.2. The van der Waals surface area contributed by atoms with Gasteiger partial charge in [-0.15, -0.1) is 11.8 Å². The van der Waals surface area contributed by atoms with E-state index in [0.717, 1.165) is 12.5 Å². The number of halogens is 2. The molecule has 0 bridgehead atoms. The standard InChI is InChI=1S/C19H27ClFNO3S/c1-6-9-25-17(23)15(7-2)26-16-11-14(13(21)10-12(16)20)22-18(24)19(4,5)8-3/h10-11,15H,6-9H2,1-5H3,(H,22,24). The number of anilines is 1. The monoisotopic (exact) mass is 403 g/mol. The van der Waals surface area contributed by atoms with Crippen molar-refractivity contribution in [2.75, 3.05) is 11.9 Å². The smallest absolute Gasteiger partial charge is 0.319 e. The summed E-state index contributed by atoms with van der Waals surface area (Å²) in [5.41, 5.74) is -0.560. The van der Waals surface area contributed by atoms with Gasteiger partial charge in [0.15, 0.2) is 0 Å². The molecule has 146 valence electrons. The van der Waals surface area contributed by atoms with Crippen LogP contribution in [-0.2, 0) is 14.3 Å². The minimum Gasteiger partial charge on any atom is -0.465 e. The highest BCUT2D eigenvalue weighted by molar-refractivity contribution is 8.00. The van der Waals surface area contributed by atoms with Crippen molar-refractivity contribution < 1.29 is 18.7 Å². The van der Waals surface area contributed by atoms with Gasteiger partial charge < -0.3 is 10.1 Å². The van der Waals surface area contributed by atoms with Crippen molar-refractivity contribution in [1.82, 2.24) is 0 Å². The molecule has 0 aromatic heterocycles. The van der Waals surface area contributed by atoms with Crippen molar-refractivity contribution in [3.05, 3.63) is 23.0 Å². The Morgan fingerprint density at radius 1 is 1.31 bits per heavy atom. The van der Waals surface area contributed by atoms with E-state index >= 15 is 0 Å². The first-order valence-corrected chi connectivity index (χ1v) is 10.1. The van der Waals surface area contributed by atoms with Gasteiger partial charge in [-0.1, -0.05) is 46.2 Å². The maximum Gasteiger partial charge on any atom is 0.319 e. The van der Waals surface area contributed by atoms with Crippen LogP contribution in [0.5, 0.6) is 0 Å². The lowest BCUT2D eigenvalue weighted by Crippen LogP contribution is -2.30. The van der Waals surface area contributed by atoms with Crippen molar-refractivity contribution >= 4 is 40.9 Å². The second-order valence-corrected chi connectivity index (χ2v) is 8.29. The molecule has 0 spiro atoms. The molecule has 0 radical (unpaired) electrons. The zero-order valence-corrected chi connectivity index (χ0v) is 17.5. The molecule has 1 aromatic rings. The van der Waals surface area contributed by atoms with Gasteiger partial charge in [-0.3, -0.25) is 9.59 Å². The number of hydrogen-bond donors (Lipinski definition) is 1. The van der Waals surface area contributed by atoms with Gasteiger partial charge >= 0.3 is 5.97 Å². The summed E-state index contributed by atoms with van der Waals surface area (Å²) >= 11 is 7.35. The molecule has 26 heavy (non-hydrogen) atoms. The molecule has 0 heterocycles. The van der Waals surface area contributed by atoms with Gasteiger partial charge in [0.1, 0.15) is 11.1 Å². The SMILES string of the molecule is CCCOC(=O)C(CC)Sc1cc(NC(=O)C(C)(C)CC)c(F)cc1Cl. The van der Waals surface area contributed by atoms with Crippen LogP contribution < -0.4 is 5.32 Å². The van der Waals surface area contributed by atoms with Crippen LogP contribution in [0.4, 0.5) is 10.1 Å². The average Bonchev–Trinajstić information content (AvgIpc) is 2.60. The molecule has 0 aliphatic rings. The first-order valence-electron chi connectivity index (χ1n) is 8.80. The Bertz CT molecular complexity index is 652. The Kier molecular flexibility index (Phi) is 8.90. The first kappa shape index (κ1) is 22.8. The van der Waals surface area contributed by atoms with Crippen LogP contribution in [0.3, 0.4) is 0 Å². The number of rotatable bonds is 9. The van der Waals surface area contributed by atoms with Gasteiger partial charge in [0, 0.05) is 10.3 Å². The highest BCUT2D eigenvalue weighted by Gasteiger charge is 2.27.